The van der Waals surface area contributed by atoms with E-state index in [0.717, 1.165) is 27.5 Å². The summed E-state index contributed by atoms with van der Waals surface area (Å²) in [6, 6.07) is 30.1. The molecule has 2 heterocycles. The normalized spacial score (nSPS) is 12.6. The lowest BCUT2D eigenvalue weighted by molar-refractivity contribution is -0.132. The lowest BCUT2D eigenvalue weighted by Gasteiger charge is -2.25. The highest BCUT2D eigenvalue weighted by atomic mass is 32.1. The summed E-state index contributed by atoms with van der Waals surface area (Å²) >= 11 is 1.34. The molecule has 6 nitrogen and oxygen atoms in total. The molecule has 0 bridgehead atoms. The van der Waals surface area contributed by atoms with Crippen molar-refractivity contribution in [1.29, 1.82) is 5.26 Å². The number of fused-ring (bicyclic) bond motifs is 1. The second-order valence-electron chi connectivity index (χ2n) is 7.68. The SMILES string of the molecule is N#CC(=Cc1sc(-c2ccc(N(c3ccccc3)c3ccccc3)cc2)c2c1OCCO2)C(=O)O. The second kappa shape index (κ2) is 9.75. The molecule has 0 saturated carbocycles. The van der Waals surface area contributed by atoms with E-state index < -0.39 is 5.97 Å². The third-order valence-corrected chi connectivity index (χ3v) is 6.62. The van der Waals surface area contributed by atoms with Crippen LogP contribution in [-0.2, 0) is 4.79 Å². The average molecular weight is 481 g/mol. The number of carbonyl (C=O) groups is 1. The molecule has 35 heavy (non-hydrogen) atoms. The van der Waals surface area contributed by atoms with Gasteiger partial charge in [0, 0.05) is 17.1 Å². The second-order valence-corrected chi connectivity index (χ2v) is 8.73. The lowest BCUT2D eigenvalue weighted by atomic mass is 10.1. The largest absolute Gasteiger partial charge is 0.485 e. The standard InChI is InChI=1S/C28H20N2O4S/c29-18-20(28(31)32)17-24-25-26(34-16-15-33-25)27(35-24)19-11-13-23(14-12-19)30(21-7-3-1-4-8-21)22-9-5-2-6-10-22/h1-14,17H,15-16H2,(H,31,32). The molecule has 0 aliphatic carbocycles. The summed E-state index contributed by atoms with van der Waals surface area (Å²) in [6.07, 6.45) is 1.34. The van der Waals surface area contributed by atoms with Gasteiger partial charge in [-0.3, -0.25) is 0 Å². The summed E-state index contributed by atoms with van der Waals surface area (Å²) in [7, 11) is 0. The van der Waals surface area contributed by atoms with Gasteiger partial charge in [-0.15, -0.1) is 11.3 Å². The van der Waals surface area contributed by atoms with Crippen molar-refractivity contribution in [3.05, 3.63) is 95.4 Å². The number of aliphatic carboxylic acids is 1. The fraction of sp³-hybridized carbons (Fsp3) is 0.0714. The minimum atomic E-state index is -1.28. The number of para-hydroxylation sites is 2. The first-order valence-corrected chi connectivity index (χ1v) is 11.8. The molecule has 0 fully saturated rings. The van der Waals surface area contributed by atoms with Crippen LogP contribution in [0.3, 0.4) is 0 Å². The van der Waals surface area contributed by atoms with Gasteiger partial charge in [-0.05, 0) is 48.0 Å². The van der Waals surface area contributed by atoms with Crippen LogP contribution in [0.15, 0.2) is 90.5 Å². The molecule has 0 atom stereocenters. The maximum Gasteiger partial charge on any atom is 0.346 e. The lowest BCUT2D eigenvalue weighted by Crippen LogP contribution is -2.15. The topological polar surface area (TPSA) is 82.8 Å². The van der Waals surface area contributed by atoms with E-state index in [2.05, 4.69) is 29.2 Å². The number of anilines is 3. The van der Waals surface area contributed by atoms with Crippen LogP contribution in [0.1, 0.15) is 4.88 Å². The Morgan fingerprint density at radius 3 is 1.94 bits per heavy atom. The maximum atomic E-state index is 11.4. The van der Waals surface area contributed by atoms with Crippen molar-refractivity contribution in [3.63, 3.8) is 0 Å². The van der Waals surface area contributed by atoms with Gasteiger partial charge in [0.25, 0.3) is 0 Å². The van der Waals surface area contributed by atoms with E-state index in [0.29, 0.717) is 29.6 Å². The highest BCUT2D eigenvalue weighted by molar-refractivity contribution is 7.17. The zero-order valence-electron chi connectivity index (χ0n) is 18.5. The van der Waals surface area contributed by atoms with Crippen LogP contribution in [0.25, 0.3) is 16.5 Å². The maximum absolute atomic E-state index is 11.4. The molecule has 1 N–H and O–H groups in total. The van der Waals surface area contributed by atoms with Gasteiger partial charge < -0.3 is 19.5 Å². The molecule has 3 aromatic carbocycles. The smallest absolute Gasteiger partial charge is 0.346 e. The highest BCUT2D eigenvalue weighted by Crippen LogP contribution is 2.50. The number of ether oxygens (including phenoxy) is 2. The molecule has 0 saturated heterocycles. The van der Waals surface area contributed by atoms with Crippen LogP contribution < -0.4 is 14.4 Å². The molecule has 1 aliphatic heterocycles. The summed E-state index contributed by atoms with van der Waals surface area (Å²) in [4.78, 5) is 14.9. The molecule has 5 rings (SSSR count). The quantitative estimate of drug-likeness (QED) is 0.246. The van der Waals surface area contributed by atoms with E-state index in [-0.39, 0.29) is 5.57 Å². The van der Waals surface area contributed by atoms with Crippen molar-refractivity contribution in [1.82, 2.24) is 0 Å². The molecule has 1 aliphatic rings. The number of hydrogen-bond acceptors (Lipinski definition) is 6. The van der Waals surface area contributed by atoms with Crippen LogP contribution in [0, 0.1) is 11.3 Å². The highest BCUT2D eigenvalue weighted by Gasteiger charge is 2.25. The summed E-state index contributed by atoms with van der Waals surface area (Å²) < 4.78 is 11.7. The van der Waals surface area contributed by atoms with Crippen molar-refractivity contribution in [2.75, 3.05) is 18.1 Å². The number of carboxylic acid groups (broad SMARTS) is 1. The van der Waals surface area contributed by atoms with Gasteiger partial charge in [-0.2, -0.15) is 5.26 Å². The number of hydrogen-bond donors (Lipinski definition) is 1. The third-order valence-electron chi connectivity index (χ3n) is 5.47. The van der Waals surface area contributed by atoms with Gasteiger partial charge in [-0.25, -0.2) is 4.79 Å². The first kappa shape index (κ1) is 22.3. The molecular formula is C28H20N2O4S. The number of thiophene rings is 1. The predicted octanol–water partition coefficient (Wildman–Crippen LogP) is 6.65. The van der Waals surface area contributed by atoms with Crippen molar-refractivity contribution >= 4 is 40.4 Å². The molecule has 4 aromatic rings. The molecule has 0 unspecified atom stereocenters. The first-order chi connectivity index (χ1) is 17.2. The molecule has 1 aromatic heterocycles. The Balaban J connectivity index is 1.56. The summed E-state index contributed by atoms with van der Waals surface area (Å²) in [5.41, 5.74) is 3.64. The Kier molecular flexibility index (Phi) is 6.20. The zero-order valence-corrected chi connectivity index (χ0v) is 19.4. The summed E-state index contributed by atoms with van der Waals surface area (Å²) in [6.45, 7) is 0.763. The molecule has 0 spiro atoms. The van der Waals surface area contributed by atoms with Crippen LogP contribution >= 0.6 is 11.3 Å². The van der Waals surface area contributed by atoms with Crippen LogP contribution in [0.2, 0.25) is 0 Å². The Bertz CT molecular complexity index is 1380. The van der Waals surface area contributed by atoms with Gasteiger partial charge in [0.1, 0.15) is 24.9 Å². The van der Waals surface area contributed by atoms with E-state index in [1.165, 1.54) is 17.4 Å². The number of rotatable bonds is 6. The molecular weight excluding hydrogens is 460 g/mol. The number of benzene rings is 3. The Morgan fingerprint density at radius 2 is 1.40 bits per heavy atom. The van der Waals surface area contributed by atoms with E-state index in [9.17, 15) is 15.2 Å². The summed E-state index contributed by atoms with van der Waals surface area (Å²) in [5.74, 6) is -0.227. The monoisotopic (exact) mass is 480 g/mol. The Labute approximate surface area is 206 Å². The molecule has 0 radical (unpaired) electrons. The minimum absolute atomic E-state index is 0.355. The van der Waals surface area contributed by atoms with E-state index in [1.807, 2.05) is 60.7 Å². The van der Waals surface area contributed by atoms with Gasteiger partial charge >= 0.3 is 5.97 Å². The van der Waals surface area contributed by atoms with Crippen molar-refractivity contribution in [3.8, 4) is 28.0 Å². The van der Waals surface area contributed by atoms with Crippen LogP contribution in [0.5, 0.6) is 11.5 Å². The number of nitrogens with zero attached hydrogens (tertiary/aromatic N) is 2. The first-order valence-electron chi connectivity index (χ1n) is 10.9. The predicted molar refractivity (Wildman–Crippen MR) is 137 cm³/mol. The van der Waals surface area contributed by atoms with Crippen LogP contribution in [-0.4, -0.2) is 24.3 Å². The number of carboxylic acids is 1. The Hall–Kier alpha value is -4.54. The Morgan fingerprint density at radius 1 is 0.857 bits per heavy atom. The van der Waals surface area contributed by atoms with Crippen molar-refractivity contribution < 1.29 is 19.4 Å². The van der Waals surface area contributed by atoms with Crippen molar-refractivity contribution in [2.45, 2.75) is 0 Å². The fourth-order valence-electron chi connectivity index (χ4n) is 3.89. The average Bonchev–Trinajstić information content (AvgIpc) is 3.27. The molecule has 172 valence electrons. The van der Waals surface area contributed by atoms with Gasteiger partial charge in [0.05, 0.1) is 9.75 Å². The fourth-order valence-corrected chi connectivity index (χ4v) is 5.03. The molecule has 0 amide bonds. The van der Waals surface area contributed by atoms with Crippen LogP contribution in [0.4, 0.5) is 17.1 Å². The van der Waals surface area contributed by atoms with Gasteiger partial charge in [0.15, 0.2) is 11.5 Å². The third kappa shape index (κ3) is 4.47. The summed E-state index contributed by atoms with van der Waals surface area (Å²) in [5, 5.41) is 18.5. The number of nitriles is 1. The van der Waals surface area contributed by atoms with Gasteiger partial charge in [0.2, 0.25) is 0 Å². The van der Waals surface area contributed by atoms with E-state index >= 15 is 0 Å². The zero-order chi connectivity index (χ0) is 24.2. The van der Waals surface area contributed by atoms with E-state index in [4.69, 9.17) is 9.47 Å². The molecule has 7 heteroatoms. The van der Waals surface area contributed by atoms with E-state index in [1.54, 1.807) is 6.07 Å². The van der Waals surface area contributed by atoms with Crippen molar-refractivity contribution in [2.24, 2.45) is 0 Å². The van der Waals surface area contributed by atoms with Gasteiger partial charge in [-0.1, -0.05) is 48.5 Å². The minimum Gasteiger partial charge on any atom is -0.485 e.